The van der Waals surface area contributed by atoms with E-state index in [2.05, 4.69) is 45.0 Å². The number of fused-ring (bicyclic) bond motifs is 1. The van der Waals surface area contributed by atoms with Gasteiger partial charge in [0.05, 0.1) is 33.0 Å². The average molecular weight is 332 g/mol. The number of ether oxygens (including phenoxy) is 4. The molecule has 0 bridgehead atoms. The molecule has 2 rings (SSSR count). The molecule has 0 atom stereocenters. The standard InChI is InChI=1S/C20H28O4/c1-15-11-17(3)18-12-16(2)14-20(19(18)13-15)24-10-9-23-8-7-22-6-5-21-4/h11-14H,5-10H2,1-4H3. The van der Waals surface area contributed by atoms with Crippen molar-refractivity contribution < 1.29 is 18.9 Å². The Hall–Kier alpha value is -1.62. The summed E-state index contributed by atoms with van der Waals surface area (Å²) in [5.41, 5.74) is 3.73. The first kappa shape index (κ1) is 18.7. The third-order valence-electron chi connectivity index (χ3n) is 3.82. The first-order valence-corrected chi connectivity index (χ1v) is 8.40. The summed E-state index contributed by atoms with van der Waals surface area (Å²) in [5.74, 6) is 0.928. The Morgan fingerprint density at radius 3 is 1.96 bits per heavy atom. The van der Waals surface area contributed by atoms with Gasteiger partial charge in [0, 0.05) is 12.5 Å². The molecule has 0 aliphatic heterocycles. The third kappa shape index (κ3) is 5.48. The lowest BCUT2D eigenvalue weighted by Gasteiger charge is -2.13. The highest BCUT2D eigenvalue weighted by Crippen LogP contribution is 2.30. The molecule has 0 aliphatic carbocycles. The molecule has 0 aromatic heterocycles. The molecule has 0 amide bonds. The lowest BCUT2D eigenvalue weighted by Crippen LogP contribution is -2.12. The van der Waals surface area contributed by atoms with Crippen molar-refractivity contribution in [3.63, 3.8) is 0 Å². The molecule has 132 valence electrons. The Labute approximate surface area is 144 Å². The number of hydrogen-bond donors (Lipinski definition) is 0. The molecule has 0 saturated heterocycles. The first-order valence-electron chi connectivity index (χ1n) is 8.40. The molecule has 0 heterocycles. The Balaban J connectivity index is 1.84. The highest BCUT2D eigenvalue weighted by Gasteiger charge is 2.07. The summed E-state index contributed by atoms with van der Waals surface area (Å²) >= 11 is 0. The van der Waals surface area contributed by atoms with Crippen LogP contribution in [-0.4, -0.2) is 46.8 Å². The predicted molar refractivity (Wildman–Crippen MR) is 97.2 cm³/mol. The minimum Gasteiger partial charge on any atom is -0.491 e. The number of rotatable bonds is 10. The number of hydrogen-bond acceptors (Lipinski definition) is 4. The van der Waals surface area contributed by atoms with E-state index in [1.165, 1.54) is 27.5 Å². The topological polar surface area (TPSA) is 36.9 Å². The van der Waals surface area contributed by atoms with E-state index in [0.717, 1.165) is 5.75 Å². The van der Waals surface area contributed by atoms with Gasteiger partial charge in [-0.2, -0.15) is 0 Å². The SMILES string of the molecule is COCCOCCOCCOc1cc(C)cc2c(C)cc(C)cc12. The summed E-state index contributed by atoms with van der Waals surface area (Å²) in [6.07, 6.45) is 0. The van der Waals surface area contributed by atoms with Crippen LogP contribution in [0.2, 0.25) is 0 Å². The largest absolute Gasteiger partial charge is 0.491 e. The van der Waals surface area contributed by atoms with E-state index in [-0.39, 0.29) is 0 Å². The van der Waals surface area contributed by atoms with Crippen LogP contribution < -0.4 is 4.74 Å². The lowest BCUT2D eigenvalue weighted by atomic mass is 9.99. The van der Waals surface area contributed by atoms with Crippen LogP contribution in [-0.2, 0) is 14.2 Å². The molecule has 0 spiro atoms. The zero-order chi connectivity index (χ0) is 17.4. The fourth-order valence-electron chi connectivity index (χ4n) is 2.72. The summed E-state index contributed by atoms with van der Waals surface area (Å²) in [4.78, 5) is 0. The van der Waals surface area contributed by atoms with Crippen molar-refractivity contribution >= 4 is 10.8 Å². The molecule has 24 heavy (non-hydrogen) atoms. The van der Waals surface area contributed by atoms with Crippen molar-refractivity contribution in [1.29, 1.82) is 0 Å². The van der Waals surface area contributed by atoms with E-state index < -0.39 is 0 Å². The second-order valence-corrected chi connectivity index (χ2v) is 6.01. The Morgan fingerprint density at radius 2 is 1.25 bits per heavy atom. The van der Waals surface area contributed by atoms with Crippen LogP contribution in [0.1, 0.15) is 16.7 Å². The molecule has 4 heteroatoms. The molecule has 0 saturated carbocycles. The summed E-state index contributed by atoms with van der Waals surface area (Å²) in [7, 11) is 1.66. The normalized spacial score (nSPS) is 11.2. The molecule has 2 aromatic carbocycles. The van der Waals surface area contributed by atoms with Crippen molar-refractivity contribution in [2.24, 2.45) is 0 Å². The summed E-state index contributed by atoms with van der Waals surface area (Å²) in [6, 6.07) is 8.69. The Kier molecular flexibility index (Phi) is 7.50. The number of methoxy groups -OCH3 is 1. The van der Waals surface area contributed by atoms with Gasteiger partial charge in [-0.3, -0.25) is 0 Å². The minimum atomic E-state index is 0.531. The average Bonchev–Trinajstić information content (AvgIpc) is 2.54. The van der Waals surface area contributed by atoms with Gasteiger partial charge in [-0.25, -0.2) is 0 Å². The quantitative estimate of drug-likeness (QED) is 0.620. The number of benzene rings is 2. The zero-order valence-electron chi connectivity index (χ0n) is 15.2. The summed E-state index contributed by atoms with van der Waals surface area (Å²) < 4.78 is 21.8. The Bertz CT molecular complexity index is 652. The van der Waals surface area contributed by atoms with Gasteiger partial charge in [-0.05, 0) is 49.4 Å². The molecular formula is C20H28O4. The molecule has 2 aromatic rings. The van der Waals surface area contributed by atoms with E-state index >= 15 is 0 Å². The van der Waals surface area contributed by atoms with Crippen molar-refractivity contribution in [1.82, 2.24) is 0 Å². The zero-order valence-corrected chi connectivity index (χ0v) is 15.2. The van der Waals surface area contributed by atoms with E-state index in [1.807, 2.05) is 0 Å². The predicted octanol–water partition coefficient (Wildman–Crippen LogP) is 3.82. The molecule has 4 nitrogen and oxygen atoms in total. The van der Waals surface area contributed by atoms with E-state index in [1.54, 1.807) is 7.11 Å². The van der Waals surface area contributed by atoms with Crippen molar-refractivity contribution in [3.8, 4) is 5.75 Å². The van der Waals surface area contributed by atoms with E-state index in [4.69, 9.17) is 18.9 Å². The molecule has 0 fully saturated rings. The molecule has 0 unspecified atom stereocenters. The van der Waals surface area contributed by atoms with Crippen molar-refractivity contribution in [2.75, 3.05) is 46.8 Å². The third-order valence-corrected chi connectivity index (χ3v) is 3.82. The van der Waals surface area contributed by atoms with Gasteiger partial charge in [0.1, 0.15) is 12.4 Å². The second-order valence-electron chi connectivity index (χ2n) is 6.01. The van der Waals surface area contributed by atoms with Crippen LogP contribution in [0.25, 0.3) is 10.8 Å². The molecule has 0 N–H and O–H groups in total. The van der Waals surface area contributed by atoms with Crippen LogP contribution in [0, 0.1) is 20.8 Å². The maximum atomic E-state index is 5.97. The first-order chi connectivity index (χ1) is 11.6. The fourth-order valence-corrected chi connectivity index (χ4v) is 2.72. The highest BCUT2D eigenvalue weighted by molar-refractivity contribution is 5.92. The van der Waals surface area contributed by atoms with Gasteiger partial charge >= 0.3 is 0 Å². The van der Waals surface area contributed by atoms with E-state index in [9.17, 15) is 0 Å². The number of aryl methyl sites for hydroxylation is 3. The van der Waals surface area contributed by atoms with Crippen LogP contribution >= 0.6 is 0 Å². The smallest absolute Gasteiger partial charge is 0.127 e. The van der Waals surface area contributed by atoms with Gasteiger partial charge in [-0.1, -0.05) is 17.7 Å². The summed E-state index contributed by atoms with van der Waals surface area (Å²) in [5, 5.41) is 2.42. The van der Waals surface area contributed by atoms with Crippen LogP contribution in [0.4, 0.5) is 0 Å². The fraction of sp³-hybridized carbons (Fsp3) is 0.500. The van der Waals surface area contributed by atoms with Gasteiger partial charge in [0.25, 0.3) is 0 Å². The summed E-state index contributed by atoms with van der Waals surface area (Å²) in [6.45, 7) is 9.80. The molecular weight excluding hydrogens is 304 g/mol. The van der Waals surface area contributed by atoms with Crippen LogP contribution in [0.15, 0.2) is 24.3 Å². The highest BCUT2D eigenvalue weighted by atomic mass is 16.6. The second kappa shape index (κ2) is 9.62. The van der Waals surface area contributed by atoms with Crippen molar-refractivity contribution in [2.45, 2.75) is 20.8 Å². The van der Waals surface area contributed by atoms with E-state index in [0.29, 0.717) is 39.6 Å². The minimum absolute atomic E-state index is 0.531. The molecule has 0 radical (unpaired) electrons. The lowest BCUT2D eigenvalue weighted by molar-refractivity contribution is 0.0181. The Morgan fingerprint density at radius 1 is 0.667 bits per heavy atom. The van der Waals surface area contributed by atoms with Crippen LogP contribution in [0.3, 0.4) is 0 Å². The van der Waals surface area contributed by atoms with Crippen molar-refractivity contribution in [3.05, 3.63) is 41.0 Å². The van der Waals surface area contributed by atoms with Gasteiger partial charge < -0.3 is 18.9 Å². The van der Waals surface area contributed by atoms with Gasteiger partial charge in [0.15, 0.2) is 0 Å². The monoisotopic (exact) mass is 332 g/mol. The van der Waals surface area contributed by atoms with Gasteiger partial charge in [0.2, 0.25) is 0 Å². The maximum Gasteiger partial charge on any atom is 0.127 e. The molecule has 0 aliphatic rings. The van der Waals surface area contributed by atoms with Crippen LogP contribution in [0.5, 0.6) is 5.75 Å². The van der Waals surface area contributed by atoms with Gasteiger partial charge in [-0.15, -0.1) is 0 Å². The maximum absolute atomic E-state index is 5.97.